The zero-order valence-electron chi connectivity index (χ0n) is 20.3. The SMILES string of the molecule is C[C@@H](NC(=O)C1CCC(F)(F)CC1)C(=O)N[C@H](Cc1ccccc1)C(=O)C(=O)NCc1cc(Cl)ccn1. The van der Waals surface area contributed by atoms with E-state index in [0.717, 1.165) is 0 Å². The molecule has 1 aromatic carbocycles. The van der Waals surface area contributed by atoms with E-state index >= 15 is 0 Å². The van der Waals surface area contributed by atoms with Crippen LogP contribution in [0, 0.1) is 5.92 Å². The topological polar surface area (TPSA) is 117 Å². The highest BCUT2D eigenvalue weighted by atomic mass is 35.5. The molecular formula is C26H29ClF2N4O4. The van der Waals surface area contributed by atoms with Crippen LogP contribution in [0.3, 0.4) is 0 Å². The highest BCUT2D eigenvalue weighted by molar-refractivity contribution is 6.38. The molecule has 3 N–H and O–H groups in total. The third kappa shape index (κ3) is 8.59. The van der Waals surface area contributed by atoms with Gasteiger partial charge in [0.25, 0.3) is 5.91 Å². The smallest absolute Gasteiger partial charge is 0.289 e. The van der Waals surface area contributed by atoms with Crippen LogP contribution in [-0.4, -0.2) is 46.5 Å². The summed E-state index contributed by atoms with van der Waals surface area (Å²) in [6, 6.07) is 9.71. The number of alkyl halides is 2. The van der Waals surface area contributed by atoms with E-state index in [9.17, 15) is 28.0 Å². The van der Waals surface area contributed by atoms with Gasteiger partial charge in [-0.25, -0.2) is 8.78 Å². The van der Waals surface area contributed by atoms with Crippen molar-refractivity contribution in [3.05, 3.63) is 64.9 Å². The predicted molar refractivity (Wildman–Crippen MR) is 133 cm³/mol. The van der Waals surface area contributed by atoms with Crippen LogP contribution in [0.4, 0.5) is 8.78 Å². The lowest BCUT2D eigenvalue weighted by molar-refractivity contribution is -0.140. The number of aromatic nitrogens is 1. The van der Waals surface area contributed by atoms with Crippen LogP contribution in [0.5, 0.6) is 0 Å². The first-order valence-electron chi connectivity index (χ1n) is 12.0. The quantitative estimate of drug-likeness (QED) is 0.405. The summed E-state index contributed by atoms with van der Waals surface area (Å²) in [7, 11) is 0. The minimum absolute atomic E-state index is 0.0317. The zero-order valence-corrected chi connectivity index (χ0v) is 21.1. The number of rotatable bonds is 10. The lowest BCUT2D eigenvalue weighted by atomic mass is 9.86. The van der Waals surface area contributed by atoms with Crippen molar-refractivity contribution in [2.75, 3.05) is 0 Å². The van der Waals surface area contributed by atoms with E-state index in [1.165, 1.54) is 13.1 Å². The molecule has 3 amide bonds. The number of ketones is 1. The van der Waals surface area contributed by atoms with E-state index in [4.69, 9.17) is 11.6 Å². The molecule has 0 saturated heterocycles. The number of nitrogens with one attached hydrogen (secondary N) is 3. The van der Waals surface area contributed by atoms with Crippen molar-refractivity contribution in [2.45, 2.75) is 63.6 Å². The molecule has 1 aliphatic rings. The van der Waals surface area contributed by atoms with Crippen LogP contribution < -0.4 is 16.0 Å². The van der Waals surface area contributed by atoms with Gasteiger partial charge in [0, 0.05) is 36.4 Å². The lowest BCUT2D eigenvalue weighted by Crippen LogP contribution is -2.54. The molecule has 0 radical (unpaired) electrons. The van der Waals surface area contributed by atoms with E-state index in [2.05, 4.69) is 20.9 Å². The molecule has 37 heavy (non-hydrogen) atoms. The molecule has 1 saturated carbocycles. The summed E-state index contributed by atoms with van der Waals surface area (Å²) >= 11 is 5.92. The predicted octanol–water partition coefficient (Wildman–Crippen LogP) is 2.98. The molecule has 1 aliphatic carbocycles. The highest BCUT2D eigenvalue weighted by Crippen LogP contribution is 2.36. The first-order chi connectivity index (χ1) is 17.5. The molecule has 0 aliphatic heterocycles. The first kappa shape index (κ1) is 28.2. The van der Waals surface area contributed by atoms with E-state index in [-0.39, 0.29) is 38.6 Å². The Kier molecular flexibility index (Phi) is 9.68. The van der Waals surface area contributed by atoms with Crippen LogP contribution in [0.2, 0.25) is 5.02 Å². The van der Waals surface area contributed by atoms with Crippen molar-refractivity contribution >= 4 is 35.1 Å². The van der Waals surface area contributed by atoms with Gasteiger partial charge in [-0.1, -0.05) is 41.9 Å². The summed E-state index contributed by atoms with van der Waals surface area (Å²) in [4.78, 5) is 55.0. The normalized spacial score (nSPS) is 16.8. The Bertz CT molecular complexity index is 1120. The van der Waals surface area contributed by atoms with Gasteiger partial charge in [0.1, 0.15) is 12.1 Å². The number of carbonyl (C=O) groups is 4. The maximum atomic E-state index is 13.4. The van der Waals surface area contributed by atoms with Crippen LogP contribution in [0.1, 0.15) is 43.9 Å². The monoisotopic (exact) mass is 534 g/mol. The molecule has 0 bridgehead atoms. The van der Waals surface area contributed by atoms with Gasteiger partial charge in [0.2, 0.25) is 23.5 Å². The number of hydrogen-bond donors (Lipinski definition) is 3. The number of pyridine rings is 1. The molecule has 1 fully saturated rings. The average Bonchev–Trinajstić information content (AvgIpc) is 2.86. The molecule has 8 nitrogen and oxygen atoms in total. The summed E-state index contributed by atoms with van der Waals surface area (Å²) in [6.07, 6.45) is 0.831. The summed E-state index contributed by atoms with van der Waals surface area (Å²) in [5, 5.41) is 8.00. The van der Waals surface area contributed by atoms with Gasteiger partial charge in [0.05, 0.1) is 12.2 Å². The molecule has 11 heteroatoms. The minimum Gasteiger partial charge on any atom is -0.344 e. The standard InChI is InChI=1S/C26H29ClF2N4O4/c1-16(32-24(36)18-7-10-26(28,29)11-8-18)23(35)33-21(13-17-5-3-2-4-6-17)22(34)25(37)31-15-20-14-19(27)9-12-30-20/h2-6,9,12,14,16,18,21H,7-8,10-11,13,15H2,1H3,(H,31,37)(H,32,36)(H,33,35)/t16-,21-/m1/s1. The largest absolute Gasteiger partial charge is 0.344 e. The Labute approximate surface area is 218 Å². The fourth-order valence-electron chi connectivity index (χ4n) is 4.02. The van der Waals surface area contributed by atoms with Crippen molar-refractivity contribution in [3.8, 4) is 0 Å². The molecular weight excluding hydrogens is 506 g/mol. The third-order valence-electron chi connectivity index (χ3n) is 6.19. The highest BCUT2D eigenvalue weighted by Gasteiger charge is 2.38. The van der Waals surface area contributed by atoms with E-state index in [0.29, 0.717) is 16.3 Å². The van der Waals surface area contributed by atoms with Crippen molar-refractivity contribution < 1.29 is 28.0 Å². The second-order valence-corrected chi connectivity index (χ2v) is 9.56. The van der Waals surface area contributed by atoms with Gasteiger partial charge < -0.3 is 16.0 Å². The fourth-order valence-corrected chi connectivity index (χ4v) is 4.20. The second-order valence-electron chi connectivity index (χ2n) is 9.12. The van der Waals surface area contributed by atoms with Gasteiger partial charge in [-0.3, -0.25) is 24.2 Å². The van der Waals surface area contributed by atoms with E-state index < -0.39 is 47.4 Å². The Balaban J connectivity index is 1.62. The Morgan fingerprint density at radius 2 is 1.76 bits per heavy atom. The molecule has 198 valence electrons. The Hall–Kier alpha value is -3.40. The average molecular weight is 535 g/mol. The van der Waals surface area contributed by atoms with Crippen LogP contribution in [0.25, 0.3) is 0 Å². The number of Topliss-reactive ketones (excluding diaryl/α,β-unsaturated/α-hetero) is 1. The molecule has 1 heterocycles. The van der Waals surface area contributed by atoms with E-state index in [1.54, 1.807) is 42.5 Å². The number of carbonyl (C=O) groups excluding carboxylic acids is 4. The van der Waals surface area contributed by atoms with Crippen molar-refractivity contribution in [1.82, 2.24) is 20.9 Å². The molecule has 0 spiro atoms. The van der Waals surface area contributed by atoms with Gasteiger partial charge >= 0.3 is 0 Å². The molecule has 2 atom stereocenters. The Morgan fingerprint density at radius 1 is 1.08 bits per heavy atom. The van der Waals surface area contributed by atoms with Crippen molar-refractivity contribution in [2.24, 2.45) is 5.92 Å². The number of amides is 3. The maximum Gasteiger partial charge on any atom is 0.289 e. The lowest BCUT2D eigenvalue weighted by Gasteiger charge is -2.28. The van der Waals surface area contributed by atoms with Crippen molar-refractivity contribution in [3.63, 3.8) is 0 Å². The van der Waals surface area contributed by atoms with Gasteiger partial charge in [0.15, 0.2) is 0 Å². The van der Waals surface area contributed by atoms with Gasteiger partial charge in [-0.05, 0) is 37.5 Å². The van der Waals surface area contributed by atoms with Crippen LogP contribution >= 0.6 is 11.6 Å². The number of nitrogens with zero attached hydrogens (tertiary/aromatic N) is 1. The molecule has 2 aromatic rings. The second kappa shape index (κ2) is 12.7. The zero-order chi connectivity index (χ0) is 27.0. The minimum atomic E-state index is -2.77. The summed E-state index contributed by atoms with van der Waals surface area (Å²) < 4.78 is 26.8. The maximum absolute atomic E-state index is 13.4. The summed E-state index contributed by atoms with van der Waals surface area (Å²) in [5.74, 6) is -6.32. The number of hydrogen-bond acceptors (Lipinski definition) is 5. The van der Waals surface area contributed by atoms with Crippen LogP contribution in [-0.2, 0) is 32.1 Å². The third-order valence-corrected chi connectivity index (χ3v) is 6.42. The van der Waals surface area contributed by atoms with E-state index in [1.807, 2.05) is 0 Å². The molecule has 0 unspecified atom stereocenters. The first-order valence-corrected chi connectivity index (χ1v) is 12.4. The van der Waals surface area contributed by atoms with Crippen LogP contribution in [0.15, 0.2) is 48.7 Å². The number of benzene rings is 1. The molecule has 1 aromatic heterocycles. The Morgan fingerprint density at radius 3 is 2.41 bits per heavy atom. The summed E-state index contributed by atoms with van der Waals surface area (Å²) in [5.41, 5.74) is 1.17. The number of halogens is 3. The summed E-state index contributed by atoms with van der Waals surface area (Å²) in [6.45, 7) is 1.39. The van der Waals surface area contributed by atoms with Crippen molar-refractivity contribution in [1.29, 1.82) is 0 Å². The van der Waals surface area contributed by atoms with Gasteiger partial charge in [-0.15, -0.1) is 0 Å². The fraction of sp³-hybridized carbons (Fsp3) is 0.423. The van der Waals surface area contributed by atoms with Gasteiger partial charge in [-0.2, -0.15) is 0 Å². The molecule has 3 rings (SSSR count).